The number of hydrogen-bond donors (Lipinski definition) is 0. The van der Waals surface area contributed by atoms with Gasteiger partial charge in [0.2, 0.25) is 0 Å². The minimum absolute atomic E-state index is 0.113. The lowest BCUT2D eigenvalue weighted by Gasteiger charge is -2.26. The summed E-state index contributed by atoms with van der Waals surface area (Å²) in [7, 11) is 0. The fraction of sp³-hybridized carbons (Fsp3) is 0.667. The Labute approximate surface area is 132 Å². The van der Waals surface area contributed by atoms with Gasteiger partial charge in [0.25, 0.3) is 0 Å². The molecule has 2 fully saturated rings. The van der Waals surface area contributed by atoms with E-state index in [1.165, 1.54) is 25.5 Å². The van der Waals surface area contributed by atoms with E-state index in [2.05, 4.69) is 23.6 Å². The van der Waals surface area contributed by atoms with Gasteiger partial charge in [-0.2, -0.15) is 0 Å². The quantitative estimate of drug-likeness (QED) is 0.837. The number of hydrogen-bond acceptors (Lipinski definition) is 2. The molecule has 1 atom stereocenters. The predicted octanol–water partition coefficient (Wildman–Crippen LogP) is 3.83. The maximum absolute atomic E-state index is 13.8. The average molecular weight is 308 g/mol. The van der Waals surface area contributed by atoms with Gasteiger partial charge in [0, 0.05) is 42.8 Å². The van der Waals surface area contributed by atoms with E-state index in [1.807, 2.05) is 0 Å². The van der Waals surface area contributed by atoms with Gasteiger partial charge in [0.1, 0.15) is 11.6 Å². The zero-order valence-corrected chi connectivity index (χ0v) is 13.8. The van der Waals surface area contributed by atoms with Crippen LogP contribution in [0.25, 0.3) is 0 Å². The third kappa shape index (κ3) is 2.98. The maximum Gasteiger partial charge on any atom is 0.131 e. The lowest BCUT2D eigenvalue weighted by Crippen LogP contribution is -2.32. The highest BCUT2D eigenvalue weighted by molar-refractivity contribution is 5.50. The molecule has 2 saturated heterocycles. The van der Waals surface area contributed by atoms with E-state index in [9.17, 15) is 8.78 Å². The molecule has 1 unspecified atom stereocenters. The van der Waals surface area contributed by atoms with Crippen molar-refractivity contribution in [2.75, 3.05) is 37.6 Å². The molecule has 2 aliphatic heterocycles. The highest BCUT2D eigenvalue weighted by Crippen LogP contribution is 2.41. The largest absolute Gasteiger partial charge is 0.371 e. The lowest BCUT2D eigenvalue weighted by molar-refractivity contribution is 0.253. The van der Waals surface area contributed by atoms with Gasteiger partial charge in [0.15, 0.2) is 0 Å². The minimum atomic E-state index is -0.441. The molecule has 0 aliphatic carbocycles. The van der Waals surface area contributed by atoms with Gasteiger partial charge < -0.3 is 9.80 Å². The van der Waals surface area contributed by atoms with E-state index >= 15 is 0 Å². The van der Waals surface area contributed by atoms with Crippen LogP contribution in [0.1, 0.15) is 32.3 Å². The second-order valence-electron chi connectivity index (χ2n) is 7.58. The predicted molar refractivity (Wildman–Crippen MR) is 86.3 cm³/mol. The Morgan fingerprint density at radius 2 is 1.73 bits per heavy atom. The Bertz CT molecular complexity index is 535. The maximum atomic E-state index is 13.8. The smallest absolute Gasteiger partial charge is 0.131 e. The first-order valence-corrected chi connectivity index (χ1v) is 8.31. The number of benzene rings is 1. The molecule has 0 amide bonds. The monoisotopic (exact) mass is 308 g/mol. The van der Waals surface area contributed by atoms with Gasteiger partial charge >= 0.3 is 0 Å². The standard InChI is InChI=1S/C18H26F2N2/c1-13(2)10-21-6-4-18(11-21)5-7-22(12-18)15-8-16(19)14(3)17(20)9-15/h8-9,13H,4-7,10-12H2,1-3H3. The summed E-state index contributed by atoms with van der Waals surface area (Å²) in [5.41, 5.74) is 1.12. The molecule has 1 aromatic carbocycles. The minimum Gasteiger partial charge on any atom is -0.371 e. The molecule has 1 aromatic rings. The summed E-state index contributed by atoms with van der Waals surface area (Å²) in [6.45, 7) is 11.2. The summed E-state index contributed by atoms with van der Waals surface area (Å²) in [5, 5.41) is 0. The SMILES string of the molecule is Cc1c(F)cc(N2CCC3(CCN(CC(C)C)C3)C2)cc1F. The van der Waals surface area contributed by atoms with Crippen LogP contribution in [0.5, 0.6) is 0 Å². The summed E-state index contributed by atoms with van der Waals surface area (Å²) in [6, 6.07) is 2.97. The third-order valence-corrected chi connectivity index (χ3v) is 5.21. The Morgan fingerprint density at radius 1 is 1.09 bits per heavy atom. The van der Waals surface area contributed by atoms with E-state index in [1.54, 1.807) is 0 Å². The van der Waals surface area contributed by atoms with Crippen LogP contribution in [0, 0.1) is 29.9 Å². The number of halogens is 2. The van der Waals surface area contributed by atoms with E-state index in [4.69, 9.17) is 0 Å². The number of likely N-dealkylation sites (tertiary alicyclic amines) is 1. The van der Waals surface area contributed by atoms with Gasteiger partial charge in [-0.1, -0.05) is 13.8 Å². The topological polar surface area (TPSA) is 6.48 Å². The van der Waals surface area contributed by atoms with Crippen molar-refractivity contribution in [3.05, 3.63) is 29.3 Å². The first-order valence-electron chi connectivity index (χ1n) is 8.31. The van der Waals surface area contributed by atoms with E-state index in [-0.39, 0.29) is 5.56 Å². The highest BCUT2D eigenvalue weighted by atomic mass is 19.1. The number of rotatable bonds is 3. The van der Waals surface area contributed by atoms with Gasteiger partial charge in [-0.25, -0.2) is 8.78 Å². The van der Waals surface area contributed by atoms with Crippen molar-refractivity contribution in [1.29, 1.82) is 0 Å². The van der Waals surface area contributed by atoms with Crippen LogP contribution in [0.4, 0.5) is 14.5 Å². The summed E-state index contributed by atoms with van der Waals surface area (Å²) in [4.78, 5) is 4.70. The van der Waals surface area contributed by atoms with Crippen molar-refractivity contribution in [3.63, 3.8) is 0 Å². The molecule has 22 heavy (non-hydrogen) atoms. The van der Waals surface area contributed by atoms with E-state index in [0.717, 1.165) is 39.1 Å². The summed E-state index contributed by atoms with van der Waals surface area (Å²) < 4.78 is 27.6. The van der Waals surface area contributed by atoms with Crippen LogP contribution in [0.2, 0.25) is 0 Å². The lowest BCUT2D eigenvalue weighted by atomic mass is 9.86. The van der Waals surface area contributed by atoms with Crippen molar-refractivity contribution in [2.45, 2.75) is 33.6 Å². The summed E-state index contributed by atoms with van der Waals surface area (Å²) in [5.74, 6) is -0.194. The molecule has 0 bridgehead atoms. The molecular formula is C18H26F2N2. The molecule has 2 nitrogen and oxygen atoms in total. The van der Waals surface area contributed by atoms with Crippen LogP contribution in [-0.4, -0.2) is 37.6 Å². The second kappa shape index (κ2) is 5.80. The third-order valence-electron chi connectivity index (χ3n) is 5.21. The molecule has 3 rings (SSSR count). The molecule has 0 saturated carbocycles. The van der Waals surface area contributed by atoms with Crippen LogP contribution in [0.15, 0.2) is 12.1 Å². The van der Waals surface area contributed by atoms with Gasteiger partial charge in [-0.3, -0.25) is 0 Å². The first-order chi connectivity index (χ1) is 10.4. The fourth-order valence-corrected chi connectivity index (χ4v) is 4.00. The Hall–Kier alpha value is -1.16. The Morgan fingerprint density at radius 3 is 2.36 bits per heavy atom. The second-order valence-corrected chi connectivity index (χ2v) is 7.58. The Balaban J connectivity index is 1.70. The molecule has 4 heteroatoms. The Kier molecular flexibility index (Phi) is 4.15. The summed E-state index contributed by atoms with van der Waals surface area (Å²) in [6.07, 6.45) is 2.33. The molecule has 0 N–H and O–H groups in total. The average Bonchev–Trinajstić information content (AvgIpc) is 3.03. The number of anilines is 1. The molecule has 122 valence electrons. The van der Waals surface area contributed by atoms with Crippen LogP contribution in [-0.2, 0) is 0 Å². The van der Waals surface area contributed by atoms with Crippen LogP contribution >= 0.6 is 0 Å². The molecule has 1 spiro atoms. The molecule has 0 radical (unpaired) electrons. The van der Waals surface area contributed by atoms with Crippen molar-refractivity contribution in [2.24, 2.45) is 11.3 Å². The molecule has 2 heterocycles. The van der Waals surface area contributed by atoms with Gasteiger partial charge in [0.05, 0.1) is 0 Å². The normalized spacial score (nSPS) is 25.8. The van der Waals surface area contributed by atoms with Crippen molar-refractivity contribution >= 4 is 5.69 Å². The zero-order valence-electron chi connectivity index (χ0n) is 13.8. The fourth-order valence-electron chi connectivity index (χ4n) is 4.00. The van der Waals surface area contributed by atoms with Crippen molar-refractivity contribution in [1.82, 2.24) is 4.90 Å². The van der Waals surface area contributed by atoms with E-state index in [0.29, 0.717) is 17.0 Å². The first kappa shape index (κ1) is 15.7. The van der Waals surface area contributed by atoms with E-state index < -0.39 is 11.6 Å². The molecular weight excluding hydrogens is 282 g/mol. The molecule has 0 aromatic heterocycles. The highest BCUT2D eigenvalue weighted by Gasteiger charge is 2.43. The van der Waals surface area contributed by atoms with Crippen LogP contribution in [0.3, 0.4) is 0 Å². The van der Waals surface area contributed by atoms with Crippen molar-refractivity contribution < 1.29 is 8.78 Å². The van der Waals surface area contributed by atoms with Crippen LogP contribution < -0.4 is 4.90 Å². The van der Waals surface area contributed by atoms with Gasteiger partial charge in [-0.15, -0.1) is 0 Å². The van der Waals surface area contributed by atoms with Crippen molar-refractivity contribution in [3.8, 4) is 0 Å². The van der Waals surface area contributed by atoms with Gasteiger partial charge in [-0.05, 0) is 44.4 Å². The summed E-state index contributed by atoms with van der Waals surface area (Å²) >= 11 is 0. The number of nitrogens with zero attached hydrogens (tertiary/aromatic N) is 2. The molecule has 2 aliphatic rings. The zero-order chi connectivity index (χ0) is 15.9.